The Balaban J connectivity index is 2.45. The minimum absolute atomic E-state index is 0.0624. The Morgan fingerprint density at radius 1 is 1.15 bits per heavy atom. The third kappa shape index (κ3) is 6.71. The van der Waals surface area contributed by atoms with Gasteiger partial charge in [0.1, 0.15) is 0 Å². The Hall–Kier alpha value is -0.610. The van der Waals surface area contributed by atoms with Crippen LogP contribution in [0.2, 0.25) is 5.02 Å². The van der Waals surface area contributed by atoms with Gasteiger partial charge in [-0.15, -0.1) is 0 Å². The molecule has 0 spiro atoms. The lowest BCUT2D eigenvalue weighted by Gasteiger charge is -2.25. The Morgan fingerprint density at radius 3 is 2.50 bits per heavy atom. The lowest BCUT2D eigenvalue weighted by molar-refractivity contribution is 0.234. The maximum atomic E-state index is 6.27. The second kappa shape index (κ2) is 9.35. The Bertz CT molecular complexity index is 382. The molecule has 0 aliphatic heterocycles. The predicted molar refractivity (Wildman–Crippen MR) is 88.3 cm³/mol. The number of nitrogens with zero attached hydrogens (tertiary/aromatic N) is 2. The van der Waals surface area contributed by atoms with Gasteiger partial charge >= 0.3 is 0 Å². The number of nitrogens with two attached hydrogens (primary N) is 1. The molecule has 4 heteroatoms. The fraction of sp³-hybridized carbons (Fsp3) is 0.625. The summed E-state index contributed by atoms with van der Waals surface area (Å²) in [6.45, 7) is 6.58. The summed E-state index contributed by atoms with van der Waals surface area (Å²) in [5, 5.41) is 0.760. The van der Waals surface area contributed by atoms with E-state index in [2.05, 4.69) is 36.9 Å². The van der Waals surface area contributed by atoms with Crippen molar-refractivity contribution in [2.45, 2.75) is 25.8 Å². The molecular weight excluding hydrogens is 270 g/mol. The lowest BCUT2D eigenvalue weighted by Crippen LogP contribution is -2.34. The van der Waals surface area contributed by atoms with Gasteiger partial charge in [-0.05, 0) is 57.7 Å². The van der Waals surface area contributed by atoms with E-state index in [-0.39, 0.29) is 6.04 Å². The standard InChI is InChI=1S/C16H28ClN3/c1-4-9-20(12-11-19(2)3)10-8-16(18)14-6-5-7-15(17)13-14/h5-7,13,16H,4,8-12,18H2,1-3H3. The van der Waals surface area contributed by atoms with Gasteiger partial charge in [0.2, 0.25) is 0 Å². The SMILES string of the molecule is CCCN(CCC(N)c1cccc(Cl)c1)CCN(C)C. The first-order chi connectivity index (χ1) is 9.52. The fourth-order valence-electron chi connectivity index (χ4n) is 2.22. The molecule has 1 atom stereocenters. The number of rotatable bonds is 9. The zero-order chi connectivity index (χ0) is 15.0. The molecule has 1 aromatic rings. The minimum Gasteiger partial charge on any atom is -0.324 e. The summed E-state index contributed by atoms with van der Waals surface area (Å²) < 4.78 is 0. The summed E-state index contributed by atoms with van der Waals surface area (Å²) in [6, 6.07) is 7.94. The summed E-state index contributed by atoms with van der Waals surface area (Å²) in [5.41, 5.74) is 7.40. The molecule has 114 valence electrons. The van der Waals surface area contributed by atoms with Crippen molar-refractivity contribution in [3.63, 3.8) is 0 Å². The quantitative estimate of drug-likeness (QED) is 0.760. The van der Waals surface area contributed by atoms with Crippen LogP contribution < -0.4 is 5.73 Å². The summed E-state index contributed by atoms with van der Waals surface area (Å²) in [6.07, 6.45) is 2.15. The van der Waals surface area contributed by atoms with Crippen molar-refractivity contribution in [2.24, 2.45) is 5.73 Å². The zero-order valence-electron chi connectivity index (χ0n) is 13.0. The average Bonchev–Trinajstić information content (AvgIpc) is 2.41. The molecule has 1 rings (SSSR count). The van der Waals surface area contributed by atoms with E-state index in [0.717, 1.165) is 43.2 Å². The molecule has 0 aliphatic carbocycles. The molecule has 1 aromatic carbocycles. The van der Waals surface area contributed by atoms with Crippen LogP contribution in [0.3, 0.4) is 0 Å². The molecule has 0 heterocycles. The maximum absolute atomic E-state index is 6.27. The van der Waals surface area contributed by atoms with E-state index < -0.39 is 0 Å². The second-order valence-corrected chi connectivity index (χ2v) is 6.03. The third-order valence-corrected chi connectivity index (χ3v) is 3.67. The summed E-state index contributed by atoms with van der Waals surface area (Å²) in [4.78, 5) is 4.71. The van der Waals surface area contributed by atoms with Gasteiger partial charge in [-0.25, -0.2) is 0 Å². The molecule has 0 radical (unpaired) electrons. The first kappa shape index (κ1) is 17.4. The molecular formula is C16H28ClN3. The highest BCUT2D eigenvalue weighted by Crippen LogP contribution is 2.18. The molecule has 2 N–H and O–H groups in total. The van der Waals surface area contributed by atoms with Crippen molar-refractivity contribution >= 4 is 11.6 Å². The Labute approximate surface area is 128 Å². The summed E-state index contributed by atoms with van der Waals surface area (Å²) in [7, 11) is 4.23. The van der Waals surface area contributed by atoms with Crippen LogP contribution in [0.1, 0.15) is 31.4 Å². The van der Waals surface area contributed by atoms with Gasteiger partial charge < -0.3 is 15.5 Å². The molecule has 0 fully saturated rings. The van der Waals surface area contributed by atoms with E-state index in [1.165, 1.54) is 6.42 Å². The van der Waals surface area contributed by atoms with Crippen LogP contribution in [0.15, 0.2) is 24.3 Å². The Kier molecular flexibility index (Phi) is 8.15. The molecule has 0 saturated heterocycles. The maximum Gasteiger partial charge on any atom is 0.0409 e. The largest absolute Gasteiger partial charge is 0.324 e. The normalized spacial score (nSPS) is 13.2. The Morgan fingerprint density at radius 2 is 1.90 bits per heavy atom. The minimum atomic E-state index is 0.0624. The van der Waals surface area contributed by atoms with E-state index >= 15 is 0 Å². The van der Waals surface area contributed by atoms with E-state index in [9.17, 15) is 0 Å². The molecule has 0 aromatic heterocycles. The molecule has 0 aliphatic rings. The third-order valence-electron chi connectivity index (χ3n) is 3.44. The van der Waals surface area contributed by atoms with Crippen molar-refractivity contribution in [1.29, 1.82) is 0 Å². The van der Waals surface area contributed by atoms with Gasteiger partial charge in [-0.3, -0.25) is 0 Å². The molecule has 0 bridgehead atoms. The van der Waals surface area contributed by atoms with Crippen molar-refractivity contribution < 1.29 is 0 Å². The smallest absolute Gasteiger partial charge is 0.0409 e. The van der Waals surface area contributed by atoms with Gasteiger partial charge in [-0.2, -0.15) is 0 Å². The van der Waals surface area contributed by atoms with Crippen molar-refractivity contribution in [2.75, 3.05) is 40.3 Å². The molecule has 3 nitrogen and oxygen atoms in total. The van der Waals surface area contributed by atoms with E-state index in [1.807, 2.05) is 18.2 Å². The van der Waals surface area contributed by atoms with Gasteiger partial charge in [0.15, 0.2) is 0 Å². The average molecular weight is 298 g/mol. The summed E-state index contributed by atoms with van der Waals surface area (Å²) >= 11 is 6.01. The topological polar surface area (TPSA) is 32.5 Å². The van der Waals surface area contributed by atoms with E-state index in [4.69, 9.17) is 17.3 Å². The van der Waals surface area contributed by atoms with Crippen LogP contribution in [0.4, 0.5) is 0 Å². The lowest BCUT2D eigenvalue weighted by atomic mass is 10.0. The number of halogens is 1. The van der Waals surface area contributed by atoms with Crippen LogP contribution in [0.5, 0.6) is 0 Å². The van der Waals surface area contributed by atoms with Crippen LogP contribution in [0.25, 0.3) is 0 Å². The van der Waals surface area contributed by atoms with Crippen molar-refractivity contribution in [3.8, 4) is 0 Å². The van der Waals surface area contributed by atoms with Gasteiger partial charge in [0.05, 0.1) is 0 Å². The van der Waals surface area contributed by atoms with Crippen LogP contribution in [0, 0.1) is 0 Å². The monoisotopic (exact) mass is 297 g/mol. The highest BCUT2D eigenvalue weighted by Gasteiger charge is 2.10. The van der Waals surface area contributed by atoms with Gasteiger partial charge in [-0.1, -0.05) is 30.7 Å². The van der Waals surface area contributed by atoms with Crippen LogP contribution in [-0.4, -0.2) is 50.1 Å². The van der Waals surface area contributed by atoms with E-state index in [0.29, 0.717) is 0 Å². The fourth-order valence-corrected chi connectivity index (χ4v) is 2.42. The number of hydrogen-bond acceptors (Lipinski definition) is 3. The first-order valence-corrected chi connectivity index (χ1v) is 7.79. The van der Waals surface area contributed by atoms with E-state index in [1.54, 1.807) is 0 Å². The molecule has 1 unspecified atom stereocenters. The molecule has 0 amide bonds. The van der Waals surface area contributed by atoms with Gasteiger partial charge in [0, 0.05) is 24.2 Å². The molecule has 0 saturated carbocycles. The van der Waals surface area contributed by atoms with Crippen molar-refractivity contribution in [3.05, 3.63) is 34.9 Å². The predicted octanol–water partition coefficient (Wildman–Crippen LogP) is 3.00. The van der Waals surface area contributed by atoms with Crippen LogP contribution in [-0.2, 0) is 0 Å². The van der Waals surface area contributed by atoms with Crippen molar-refractivity contribution in [1.82, 2.24) is 9.80 Å². The van der Waals surface area contributed by atoms with Gasteiger partial charge in [0.25, 0.3) is 0 Å². The number of likely N-dealkylation sites (N-methyl/N-ethyl adjacent to an activating group) is 1. The number of hydrogen-bond donors (Lipinski definition) is 1. The first-order valence-electron chi connectivity index (χ1n) is 7.41. The summed E-state index contributed by atoms with van der Waals surface area (Å²) in [5.74, 6) is 0. The van der Waals surface area contributed by atoms with Crippen LogP contribution >= 0.6 is 11.6 Å². The number of benzene rings is 1. The highest BCUT2D eigenvalue weighted by molar-refractivity contribution is 6.30. The molecule has 20 heavy (non-hydrogen) atoms. The second-order valence-electron chi connectivity index (χ2n) is 5.60. The highest BCUT2D eigenvalue weighted by atomic mass is 35.5. The zero-order valence-corrected chi connectivity index (χ0v) is 13.7.